The fourth-order valence-electron chi connectivity index (χ4n) is 4.21. The third-order valence-corrected chi connectivity index (χ3v) is 5.83. The van der Waals surface area contributed by atoms with E-state index in [2.05, 4.69) is 15.8 Å². The fourth-order valence-corrected chi connectivity index (χ4v) is 4.21. The molecule has 3 saturated heterocycles. The molecule has 8 heteroatoms. The number of amides is 2. The quantitative estimate of drug-likeness (QED) is 0.773. The topological polar surface area (TPSA) is 67.9 Å². The molecule has 7 nitrogen and oxygen atoms in total. The smallest absolute Gasteiger partial charge is 0.241 e. The molecule has 2 N–H and O–H groups in total. The SMILES string of the molecule is CN1CC(=O)N(c2cccc(F)c2)CC12CCN(C(=O)C1CCNN1)C2. The molecule has 0 aliphatic carbocycles. The summed E-state index contributed by atoms with van der Waals surface area (Å²) in [7, 11) is 1.93. The number of nitrogens with one attached hydrogen (secondary N) is 2. The molecule has 26 heavy (non-hydrogen) atoms. The molecule has 1 aromatic carbocycles. The summed E-state index contributed by atoms with van der Waals surface area (Å²) in [6.07, 6.45) is 1.58. The van der Waals surface area contributed by atoms with Crippen LogP contribution in [0, 0.1) is 5.82 Å². The van der Waals surface area contributed by atoms with Gasteiger partial charge in [0, 0.05) is 31.9 Å². The Bertz CT molecular complexity index is 723. The second kappa shape index (κ2) is 6.61. The highest BCUT2D eigenvalue weighted by Gasteiger charge is 2.49. The van der Waals surface area contributed by atoms with Crippen LogP contribution >= 0.6 is 0 Å². The van der Waals surface area contributed by atoms with Gasteiger partial charge in [0.25, 0.3) is 0 Å². The number of halogens is 1. The Morgan fingerprint density at radius 2 is 2.19 bits per heavy atom. The minimum atomic E-state index is -0.355. The van der Waals surface area contributed by atoms with E-state index in [1.165, 1.54) is 12.1 Å². The number of benzene rings is 1. The van der Waals surface area contributed by atoms with Crippen LogP contribution in [0.15, 0.2) is 24.3 Å². The van der Waals surface area contributed by atoms with Gasteiger partial charge < -0.3 is 9.80 Å². The van der Waals surface area contributed by atoms with Crippen LogP contribution in [0.25, 0.3) is 0 Å². The van der Waals surface area contributed by atoms with Gasteiger partial charge >= 0.3 is 0 Å². The highest BCUT2D eigenvalue weighted by atomic mass is 19.1. The van der Waals surface area contributed by atoms with Gasteiger partial charge in [0.05, 0.1) is 12.1 Å². The molecule has 2 amide bonds. The highest BCUT2D eigenvalue weighted by molar-refractivity contribution is 5.96. The minimum absolute atomic E-state index is 0.0461. The molecule has 2 atom stereocenters. The lowest BCUT2D eigenvalue weighted by atomic mass is 9.92. The molecule has 3 aliphatic rings. The Labute approximate surface area is 152 Å². The lowest BCUT2D eigenvalue weighted by Crippen LogP contribution is -2.64. The minimum Gasteiger partial charge on any atom is -0.339 e. The monoisotopic (exact) mass is 361 g/mol. The number of likely N-dealkylation sites (tertiary alicyclic amines) is 1. The first-order valence-electron chi connectivity index (χ1n) is 9.03. The van der Waals surface area contributed by atoms with Crippen molar-refractivity contribution in [2.45, 2.75) is 24.4 Å². The van der Waals surface area contributed by atoms with Crippen molar-refractivity contribution in [1.82, 2.24) is 20.7 Å². The van der Waals surface area contributed by atoms with Crippen LogP contribution in [-0.4, -0.2) is 73.0 Å². The Morgan fingerprint density at radius 1 is 1.35 bits per heavy atom. The zero-order valence-corrected chi connectivity index (χ0v) is 14.9. The Kier molecular flexibility index (Phi) is 4.42. The van der Waals surface area contributed by atoms with Gasteiger partial charge in [0.2, 0.25) is 11.8 Å². The van der Waals surface area contributed by atoms with Gasteiger partial charge in [-0.15, -0.1) is 0 Å². The van der Waals surface area contributed by atoms with E-state index in [9.17, 15) is 14.0 Å². The van der Waals surface area contributed by atoms with E-state index in [0.29, 0.717) is 25.3 Å². The van der Waals surface area contributed by atoms with Gasteiger partial charge in [-0.2, -0.15) is 0 Å². The van der Waals surface area contributed by atoms with E-state index < -0.39 is 0 Å². The van der Waals surface area contributed by atoms with E-state index in [0.717, 1.165) is 19.4 Å². The van der Waals surface area contributed by atoms with Gasteiger partial charge in [0.1, 0.15) is 11.9 Å². The number of rotatable bonds is 2. The summed E-state index contributed by atoms with van der Waals surface area (Å²) in [6.45, 7) is 2.77. The van der Waals surface area contributed by atoms with Crippen LogP contribution in [0.2, 0.25) is 0 Å². The molecule has 0 bridgehead atoms. The normalized spacial score (nSPS) is 29.8. The maximum Gasteiger partial charge on any atom is 0.241 e. The lowest BCUT2D eigenvalue weighted by molar-refractivity contribution is -0.132. The summed E-state index contributed by atoms with van der Waals surface area (Å²) in [5.41, 5.74) is 6.31. The molecule has 3 fully saturated rings. The molecule has 3 heterocycles. The molecular formula is C18H24FN5O2. The zero-order valence-electron chi connectivity index (χ0n) is 14.9. The van der Waals surface area contributed by atoms with Gasteiger partial charge in [0.15, 0.2) is 0 Å². The van der Waals surface area contributed by atoms with Crippen molar-refractivity contribution in [3.05, 3.63) is 30.1 Å². The fraction of sp³-hybridized carbons (Fsp3) is 0.556. The molecule has 4 rings (SSSR count). The number of piperazine rings is 1. The van der Waals surface area contributed by atoms with Crippen molar-refractivity contribution in [3.63, 3.8) is 0 Å². The van der Waals surface area contributed by atoms with Crippen LogP contribution in [-0.2, 0) is 9.59 Å². The van der Waals surface area contributed by atoms with Gasteiger partial charge in [-0.25, -0.2) is 9.82 Å². The number of likely N-dealkylation sites (N-methyl/N-ethyl adjacent to an activating group) is 1. The van der Waals surface area contributed by atoms with Crippen LogP contribution < -0.4 is 15.8 Å². The molecule has 0 saturated carbocycles. The van der Waals surface area contributed by atoms with Crippen molar-refractivity contribution in [2.24, 2.45) is 0 Å². The lowest BCUT2D eigenvalue weighted by Gasteiger charge is -2.46. The summed E-state index contributed by atoms with van der Waals surface area (Å²) < 4.78 is 13.6. The average Bonchev–Trinajstić information content (AvgIpc) is 3.29. The number of anilines is 1. The van der Waals surface area contributed by atoms with E-state index in [4.69, 9.17) is 0 Å². The third-order valence-electron chi connectivity index (χ3n) is 5.83. The second-order valence-electron chi connectivity index (χ2n) is 7.46. The number of carbonyl (C=O) groups excluding carboxylic acids is 2. The summed E-state index contributed by atoms with van der Waals surface area (Å²) in [4.78, 5) is 30.9. The summed E-state index contributed by atoms with van der Waals surface area (Å²) in [5, 5.41) is 0. The van der Waals surface area contributed by atoms with Gasteiger partial charge in [-0.05, 0) is 38.1 Å². The standard InChI is InChI=1S/C18H24FN5O2/c1-22-10-16(25)24(14-4-2-3-13(19)9-14)12-18(22)6-8-23(11-18)17(26)15-5-7-20-21-15/h2-4,9,15,20-21H,5-8,10-12H2,1H3. The number of hydrogen-bond acceptors (Lipinski definition) is 5. The molecule has 1 aromatic rings. The third kappa shape index (κ3) is 2.98. The molecule has 1 spiro atoms. The Balaban J connectivity index is 1.53. The predicted molar refractivity (Wildman–Crippen MR) is 94.9 cm³/mol. The van der Waals surface area contributed by atoms with E-state index >= 15 is 0 Å². The molecule has 140 valence electrons. The van der Waals surface area contributed by atoms with Crippen LogP contribution in [0.3, 0.4) is 0 Å². The summed E-state index contributed by atoms with van der Waals surface area (Å²) in [6, 6.07) is 5.96. The Hall–Kier alpha value is -2.03. The number of carbonyl (C=O) groups is 2. The largest absolute Gasteiger partial charge is 0.339 e. The molecule has 0 radical (unpaired) electrons. The first kappa shape index (κ1) is 17.4. The van der Waals surface area contributed by atoms with Gasteiger partial charge in [-0.1, -0.05) is 6.07 Å². The zero-order chi connectivity index (χ0) is 18.3. The van der Waals surface area contributed by atoms with Gasteiger partial charge in [-0.3, -0.25) is 19.9 Å². The summed E-state index contributed by atoms with van der Waals surface area (Å²) >= 11 is 0. The number of hydrazine groups is 1. The Morgan fingerprint density at radius 3 is 2.92 bits per heavy atom. The first-order valence-corrected chi connectivity index (χ1v) is 9.03. The van der Waals surface area contributed by atoms with E-state index in [-0.39, 0.29) is 35.8 Å². The molecule has 0 aromatic heterocycles. The first-order chi connectivity index (χ1) is 12.5. The van der Waals surface area contributed by atoms with E-state index in [1.54, 1.807) is 17.0 Å². The highest BCUT2D eigenvalue weighted by Crippen LogP contribution is 2.34. The molecule has 2 unspecified atom stereocenters. The molecular weight excluding hydrogens is 337 g/mol. The maximum atomic E-state index is 13.6. The van der Waals surface area contributed by atoms with Crippen LogP contribution in [0.4, 0.5) is 10.1 Å². The second-order valence-corrected chi connectivity index (χ2v) is 7.46. The van der Waals surface area contributed by atoms with Crippen molar-refractivity contribution in [2.75, 3.05) is 44.7 Å². The number of hydrogen-bond donors (Lipinski definition) is 2. The average molecular weight is 361 g/mol. The maximum absolute atomic E-state index is 13.6. The predicted octanol–water partition coefficient (Wildman–Crippen LogP) is -0.0583. The number of nitrogens with zero attached hydrogens (tertiary/aromatic N) is 3. The van der Waals surface area contributed by atoms with Crippen LogP contribution in [0.5, 0.6) is 0 Å². The molecule has 3 aliphatic heterocycles. The summed E-state index contributed by atoms with van der Waals surface area (Å²) in [5.74, 6) is -0.295. The van der Waals surface area contributed by atoms with Crippen molar-refractivity contribution >= 4 is 17.5 Å². The van der Waals surface area contributed by atoms with E-state index in [1.807, 2.05) is 11.9 Å². The van der Waals surface area contributed by atoms with Crippen molar-refractivity contribution < 1.29 is 14.0 Å². The van der Waals surface area contributed by atoms with Crippen molar-refractivity contribution in [1.29, 1.82) is 0 Å². The van der Waals surface area contributed by atoms with Crippen molar-refractivity contribution in [3.8, 4) is 0 Å². The van der Waals surface area contributed by atoms with Crippen LogP contribution in [0.1, 0.15) is 12.8 Å².